The molecule has 0 radical (unpaired) electrons. The van der Waals surface area contributed by atoms with Gasteiger partial charge in [0.25, 0.3) is 0 Å². The van der Waals surface area contributed by atoms with E-state index >= 15 is 0 Å². The molecule has 0 aromatic carbocycles. The minimum Gasteiger partial charge on any atom is -0.478 e. The standard InChI is InChI=1S/C11H13NO2/c1-7-9(11(13)14)5-6-10(12-7)8-3-2-4-8/h5-6,8H,2-4H2,1H3,(H,13,14). The molecule has 0 aliphatic heterocycles. The molecule has 1 N–H and O–H groups in total. The van der Waals surface area contributed by atoms with E-state index < -0.39 is 5.97 Å². The van der Waals surface area contributed by atoms with Crippen LogP contribution in [0.25, 0.3) is 0 Å². The van der Waals surface area contributed by atoms with Gasteiger partial charge >= 0.3 is 5.97 Å². The molecule has 1 aliphatic carbocycles. The van der Waals surface area contributed by atoms with E-state index in [1.54, 1.807) is 13.0 Å². The molecule has 1 aromatic rings. The normalized spacial score (nSPS) is 16.4. The summed E-state index contributed by atoms with van der Waals surface area (Å²) in [5, 5.41) is 8.83. The molecule has 1 aliphatic rings. The largest absolute Gasteiger partial charge is 0.478 e. The van der Waals surface area contributed by atoms with Crippen LogP contribution >= 0.6 is 0 Å². The molecule has 1 heterocycles. The number of rotatable bonds is 2. The van der Waals surface area contributed by atoms with Gasteiger partial charge in [-0.15, -0.1) is 0 Å². The van der Waals surface area contributed by atoms with Crippen molar-refractivity contribution in [3.63, 3.8) is 0 Å². The lowest BCUT2D eigenvalue weighted by Gasteiger charge is -2.25. The van der Waals surface area contributed by atoms with Gasteiger partial charge in [0.05, 0.1) is 11.3 Å². The van der Waals surface area contributed by atoms with E-state index in [0.717, 1.165) is 5.69 Å². The minimum absolute atomic E-state index is 0.313. The fourth-order valence-electron chi connectivity index (χ4n) is 1.74. The van der Waals surface area contributed by atoms with Crippen molar-refractivity contribution in [3.8, 4) is 0 Å². The first-order valence-electron chi connectivity index (χ1n) is 4.89. The van der Waals surface area contributed by atoms with Crippen molar-refractivity contribution in [3.05, 3.63) is 29.1 Å². The summed E-state index contributed by atoms with van der Waals surface area (Å²) in [5.41, 5.74) is 1.99. The first-order chi connectivity index (χ1) is 6.68. The van der Waals surface area contributed by atoms with Gasteiger partial charge < -0.3 is 5.11 Å². The summed E-state index contributed by atoms with van der Waals surface area (Å²) < 4.78 is 0. The molecular weight excluding hydrogens is 178 g/mol. The van der Waals surface area contributed by atoms with E-state index in [-0.39, 0.29) is 0 Å². The average Bonchev–Trinajstić information content (AvgIpc) is 2.00. The maximum absolute atomic E-state index is 10.7. The molecule has 14 heavy (non-hydrogen) atoms. The van der Waals surface area contributed by atoms with E-state index in [0.29, 0.717) is 17.2 Å². The quantitative estimate of drug-likeness (QED) is 0.780. The lowest BCUT2D eigenvalue weighted by Crippen LogP contribution is -2.12. The average molecular weight is 191 g/mol. The number of carboxylic acids is 1. The van der Waals surface area contributed by atoms with E-state index in [2.05, 4.69) is 4.98 Å². The van der Waals surface area contributed by atoms with Gasteiger partial charge in [-0.25, -0.2) is 4.79 Å². The summed E-state index contributed by atoms with van der Waals surface area (Å²) in [7, 11) is 0. The van der Waals surface area contributed by atoms with Gasteiger partial charge in [0.15, 0.2) is 0 Å². The lowest BCUT2D eigenvalue weighted by atomic mass is 9.82. The Balaban J connectivity index is 2.30. The minimum atomic E-state index is -0.893. The van der Waals surface area contributed by atoms with Crippen LogP contribution in [-0.2, 0) is 0 Å². The number of aromatic nitrogens is 1. The van der Waals surface area contributed by atoms with Crippen LogP contribution in [0.1, 0.15) is 46.9 Å². The molecule has 74 valence electrons. The van der Waals surface area contributed by atoms with Gasteiger partial charge in [-0.2, -0.15) is 0 Å². The number of carboxylic acid groups (broad SMARTS) is 1. The Labute approximate surface area is 82.8 Å². The zero-order chi connectivity index (χ0) is 10.1. The first-order valence-corrected chi connectivity index (χ1v) is 4.89. The second kappa shape index (κ2) is 3.40. The van der Waals surface area contributed by atoms with Crippen molar-refractivity contribution < 1.29 is 9.90 Å². The fourth-order valence-corrected chi connectivity index (χ4v) is 1.74. The number of hydrogen-bond acceptors (Lipinski definition) is 2. The SMILES string of the molecule is Cc1nc(C2CCC2)ccc1C(=O)O. The fraction of sp³-hybridized carbons (Fsp3) is 0.455. The van der Waals surface area contributed by atoms with Crippen LogP contribution in [0, 0.1) is 6.92 Å². The number of hydrogen-bond donors (Lipinski definition) is 1. The topological polar surface area (TPSA) is 50.2 Å². The highest BCUT2D eigenvalue weighted by atomic mass is 16.4. The van der Waals surface area contributed by atoms with E-state index in [4.69, 9.17) is 5.11 Å². The molecule has 2 rings (SSSR count). The van der Waals surface area contributed by atoms with E-state index in [9.17, 15) is 4.79 Å². The second-order valence-electron chi connectivity index (χ2n) is 3.80. The predicted octanol–water partition coefficient (Wildman–Crippen LogP) is 2.36. The van der Waals surface area contributed by atoms with Crippen molar-refractivity contribution in [2.24, 2.45) is 0 Å². The molecule has 3 heteroatoms. The van der Waals surface area contributed by atoms with Crippen molar-refractivity contribution in [1.82, 2.24) is 4.98 Å². The monoisotopic (exact) mass is 191 g/mol. The summed E-state index contributed by atoms with van der Waals surface area (Å²) in [4.78, 5) is 15.1. The van der Waals surface area contributed by atoms with Crippen LogP contribution in [0.2, 0.25) is 0 Å². The van der Waals surface area contributed by atoms with E-state index in [1.165, 1.54) is 19.3 Å². The second-order valence-corrected chi connectivity index (χ2v) is 3.80. The zero-order valence-electron chi connectivity index (χ0n) is 8.16. The Morgan fingerprint density at radius 2 is 2.21 bits per heavy atom. The number of aryl methyl sites for hydroxylation is 1. The highest BCUT2D eigenvalue weighted by Gasteiger charge is 2.21. The Morgan fingerprint density at radius 1 is 1.50 bits per heavy atom. The molecule has 1 fully saturated rings. The van der Waals surface area contributed by atoms with Crippen LogP contribution in [0.3, 0.4) is 0 Å². The van der Waals surface area contributed by atoms with Crippen LogP contribution in [-0.4, -0.2) is 16.1 Å². The zero-order valence-corrected chi connectivity index (χ0v) is 8.16. The lowest BCUT2D eigenvalue weighted by molar-refractivity contribution is 0.0695. The van der Waals surface area contributed by atoms with Crippen molar-refractivity contribution in [1.29, 1.82) is 0 Å². The first kappa shape index (κ1) is 9.19. The predicted molar refractivity (Wildman–Crippen MR) is 52.5 cm³/mol. The highest BCUT2D eigenvalue weighted by Crippen LogP contribution is 2.35. The van der Waals surface area contributed by atoms with Crippen molar-refractivity contribution in [2.45, 2.75) is 32.1 Å². The summed E-state index contributed by atoms with van der Waals surface area (Å²) in [6.07, 6.45) is 3.66. The number of carbonyl (C=O) groups is 1. The van der Waals surface area contributed by atoms with Gasteiger partial charge in [-0.05, 0) is 31.9 Å². The molecule has 0 saturated heterocycles. The van der Waals surface area contributed by atoms with Crippen molar-refractivity contribution in [2.75, 3.05) is 0 Å². The van der Waals surface area contributed by atoms with Gasteiger partial charge in [-0.1, -0.05) is 6.42 Å². The van der Waals surface area contributed by atoms with Crippen LogP contribution in [0.5, 0.6) is 0 Å². The summed E-state index contributed by atoms with van der Waals surface area (Å²) in [6.45, 7) is 1.76. The molecule has 0 spiro atoms. The summed E-state index contributed by atoms with van der Waals surface area (Å²) >= 11 is 0. The third-order valence-corrected chi connectivity index (χ3v) is 2.86. The number of nitrogens with zero attached hydrogens (tertiary/aromatic N) is 1. The molecule has 0 atom stereocenters. The Hall–Kier alpha value is -1.38. The van der Waals surface area contributed by atoms with E-state index in [1.807, 2.05) is 6.07 Å². The van der Waals surface area contributed by atoms with Crippen LogP contribution in [0.15, 0.2) is 12.1 Å². The summed E-state index contributed by atoms with van der Waals surface area (Å²) in [5.74, 6) is -0.327. The third-order valence-electron chi connectivity index (χ3n) is 2.86. The summed E-state index contributed by atoms with van der Waals surface area (Å²) in [6, 6.07) is 3.51. The molecule has 0 amide bonds. The van der Waals surface area contributed by atoms with Gasteiger partial charge in [0, 0.05) is 11.6 Å². The highest BCUT2D eigenvalue weighted by molar-refractivity contribution is 5.88. The number of aromatic carboxylic acids is 1. The Bertz CT molecular complexity index is 370. The Morgan fingerprint density at radius 3 is 2.64 bits per heavy atom. The van der Waals surface area contributed by atoms with Crippen LogP contribution < -0.4 is 0 Å². The smallest absolute Gasteiger partial charge is 0.337 e. The van der Waals surface area contributed by atoms with Gasteiger partial charge in [0.1, 0.15) is 0 Å². The molecule has 0 bridgehead atoms. The number of pyridine rings is 1. The van der Waals surface area contributed by atoms with Crippen molar-refractivity contribution >= 4 is 5.97 Å². The van der Waals surface area contributed by atoms with Gasteiger partial charge in [0.2, 0.25) is 0 Å². The molecule has 1 aromatic heterocycles. The maximum atomic E-state index is 10.7. The molecule has 0 unspecified atom stereocenters. The maximum Gasteiger partial charge on any atom is 0.337 e. The molecule has 3 nitrogen and oxygen atoms in total. The van der Waals surface area contributed by atoms with Gasteiger partial charge in [-0.3, -0.25) is 4.98 Å². The molecular formula is C11H13NO2. The third kappa shape index (κ3) is 1.50. The Kier molecular flexibility index (Phi) is 2.23. The molecule has 1 saturated carbocycles. The van der Waals surface area contributed by atoms with Crippen LogP contribution in [0.4, 0.5) is 0 Å².